The van der Waals surface area contributed by atoms with Gasteiger partial charge >= 0.3 is 0 Å². The summed E-state index contributed by atoms with van der Waals surface area (Å²) in [6, 6.07) is 21.8. The molecule has 3 aromatic carbocycles. The topological polar surface area (TPSA) is 105 Å². The van der Waals surface area contributed by atoms with Crippen LogP contribution >= 0.6 is 0 Å². The summed E-state index contributed by atoms with van der Waals surface area (Å²) in [7, 11) is -3.26. The minimum atomic E-state index is -3.26. The highest BCUT2D eigenvalue weighted by atomic mass is 32.2. The Morgan fingerprint density at radius 2 is 1.82 bits per heavy atom. The molecule has 1 heterocycles. The van der Waals surface area contributed by atoms with Gasteiger partial charge < -0.3 is 16.4 Å². The number of amides is 1. The van der Waals surface area contributed by atoms with Crippen molar-refractivity contribution in [3.63, 3.8) is 0 Å². The number of nitrogens with two attached hydrogens (primary N) is 1. The molecule has 1 aliphatic heterocycles. The summed E-state index contributed by atoms with van der Waals surface area (Å²) < 4.78 is 26.0. The Balaban J connectivity index is 1.57. The average Bonchev–Trinajstić information content (AvgIpc) is 3.17. The summed E-state index contributed by atoms with van der Waals surface area (Å²) in [5, 5.41) is 6.29. The van der Waals surface area contributed by atoms with E-state index in [4.69, 9.17) is 5.73 Å². The maximum Gasteiger partial charge on any atom is 0.251 e. The standard InChI is InChI=1S/C25H28N4O3S/c1-18-15-22(11-12-23(18)29-13-6-14-33(29,31)32)28-25(30)24(20-8-3-2-4-9-20)27-21-10-5-7-19(16-21)17-26/h2-5,7-12,15-16,24,27H,6,13-14,17,26H2,1H3,(H,28,30). The van der Waals surface area contributed by atoms with Crippen LogP contribution in [-0.2, 0) is 21.4 Å². The first-order valence-electron chi connectivity index (χ1n) is 10.9. The van der Waals surface area contributed by atoms with Crippen molar-refractivity contribution >= 4 is 33.0 Å². The van der Waals surface area contributed by atoms with Crippen LogP contribution in [0.25, 0.3) is 0 Å². The van der Waals surface area contributed by atoms with E-state index >= 15 is 0 Å². The molecule has 0 aliphatic carbocycles. The van der Waals surface area contributed by atoms with Crippen molar-refractivity contribution in [1.82, 2.24) is 0 Å². The van der Waals surface area contributed by atoms with Gasteiger partial charge in [0.25, 0.3) is 5.91 Å². The zero-order chi connectivity index (χ0) is 23.4. The molecule has 33 heavy (non-hydrogen) atoms. The SMILES string of the molecule is Cc1cc(NC(=O)C(Nc2cccc(CN)c2)c2ccccc2)ccc1N1CCCS1(=O)=O. The minimum Gasteiger partial charge on any atom is -0.370 e. The first-order chi connectivity index (χ1) is 15.9. The Morgan fingerprint density at radius 1 is 1.03 bits per heavy atom. The van der Waals surface area contributed by atoms with Crippen LogP contribution in [0.2, 0.25) is 0 Å². The highest BCUT2D eigenvalue weighted by Gasteiger charge is 2.29. The van der Waals surface area contributed by atoms with Gasteiger partial charge in [0.05, 0.1) is 11.4 Å². The van der Waals surface area contributed by atoms with Crippen LogP contribution in [-0.4, -0.2) is 26.6 Å². The number of hydrogen-bond acceptors (Lipinski definition) is 5. The zero-order valence-electron chi connectivity index (χ0n) is 18.5. The molecule has 0 bridgehead atoms. The third-order valence-electron chi connectivity index (χ3n) is 5.70. The molecule has 1 aliphatic rings. The fourth-order valence-corrected chi connectivity index (χ4v) is 5.66. The van der Waals surface area contributed by atoms with Crippen molar-refractivity contribution in [3.05, 3.63) is 89.5 Å². The summed E-state index contributed by atoms with van der Waals surface area (Å²) >= 11 is 0. The van der Waals surface area contributed by atoms with E-state index in [1.54, 1.807) is 18.2 Å². The minimum absolute atomic E-state index is 0.167. The number of anilines is 3. The molecule has 0 saturated carbocycles. The molecule has 1 fully saturated rings. The number of rotatable bonds is 7. The van der Waals surface area contributed by atoms with Crippen LogP contribution in [0.15, 0.2) is 72.8 Å². The molecular formula is C25H28N4O3S. The molecule has 0 spiro atoms. The second-order valence-electron chi connectivity index (χ2n) is 8.12. The van der Waals surface area contributed by atoms with Crippen molar-refractivity contribution in [2.24, 2.45) is 5.73 Å². The number of nitrogens with zero attached hydrogens (tertiary/aromatic N) is 1. The molecular weight excluding hydrogens is 436 g/mol. The van der Waals surface area contributed by atoms with Gasteiger partial charge in [-0.05, 0) is 60.4 Å². The number of nitrogens with one attached hydrogen (secondary N) is 2. The molecule has 7 nitrogen and oxygen atoms in total. The smallest absolute Gasteiger partial charge is 0.251 e. The van der Waals surface area contributed by atoms with Crippen molar-refractivity contribution in [3.8, 4) is 0 Å². The van der Waals surface area contributed by atoms with Crippen molar-refractivity contribution in [2.75, 3.05) is 27.2 Å². The van der Waals surface area contributed by atoms with Crippen LogP contribution in [0, 0.1) is 6.92 Å². The van der Waals surface area contributed by atoms with Crippen LogP contribution < -0.4 is 20.7 Å². The Hall–Kier alpha value is -3.36. The highest BCUT2D eigenvalue weighted by Crippen LogP contribution is 2.30. The highest BCUT2D eigenvalue weighted by molar-refractivity contribution is 7.93. The molecule has 4 N–H and O–H groups in total. The lowest BCUT2D eigenvalue weighted by atomic mass is 10.0. The van der Waals surface area contributed by atoms with Gasteiger partial charge in [-0.3, -0.25) is 9.10 Å². The molecule has 1 saturated heterocycles. The number of sulfonamides is 1. The Morgan fingerprint density at radius 3 is 2.48 bits per heavy atom. The van der Waals surface area contributed by atoms with E-state index in [0.717, 1.165) is 22.4 Å². The van der Waals surface area contributed by atoms with Gasteiger partial charge in [0.1, 0.15) is 6.04 Å². The Kier molecular flexibility index (Phi) is 6.67. The predicted molar refractivity (Wildman–Crippen MR) is 133 cm³/mol. The molecule has 172 valence electrons. The molecule has 1 unspecified atom stereocenters. The lowest BCUT2D eigenvalue weighted by Crippen LogP contribution is -2.28. The van der Waals surface area contributed by atoms with Crippen LogP contribution in [0.3, 0.4) is 0 Å². The van der Waals surface area contributed by atoms with Gasteiger partial charge in [-0.15, -0.1) is 0 Å². The number of carbonyl (C=O) groups excluding carboxylic acids is 1. The van der Waals surface area contributed by atoms with E-state index in [1.165, 1.54) is 4.31 Å². The maximum absolute atomic E-state index is 13.3. The normalized spacial score (nSPS) is 15.8. The number of hydrogen-bond donors (Lipinski definition) is 3. The summed E-state index contributed by atoms with van der Waals surface area (Å²) in [5.74, 6) is -0.0546. The quantitative estimate of drug-likeness (QED) is 0.494. The Bertz CT molecular complexity index is 1250. The van der Waals surface area contributed by atoms with E-state index in [2.05, 4.69) is 10.6 Å². The molecule has 0 radical (unpaired) electrons. The molecule has 0 aromatic heterocycles. The second-order valence-corrected chi connectivity index (χ2v) is 10.1. The monoisotopic (exact) mass is 464 g/mol. The van der Waals surface area contributed by atoms with Crippen LogP contribution in [0.4, 0.5) is 17.1 Å². The van der Waals surface area contributed by atoms with Crippen molar-refractivity contribution < 1.29 is 13.2 Å². The van der Waals surface area contributed by atoms with E-state index in [1.807, 2.05) is 61.5 Å². The largest absolute Gasteiger partial charge is 0.370 e. The summed E-state index contributed by atoms with van der Waals surface area (Å²) in [6.45, 7) is 2.75. The summed E-state index contributed by atoms with van der Waals surface area (Å²) in [6.07, 6.45) is 0.621. The van der Waals surface area contributed by atoms with Gasteiger partial charge in [0.15, 0.2) is 0 Å². The fraction of sp³-hybridized carbons (Fsp3) is 0.240. The Labute approximate surface area is 194 Å². The maximum atomic E-state index is 13.3. The van der Waals surface area contributed by atoms with E-state index in [0.29, 0.717) is 30.9 Å². The lowest BCUT2D eigenvalue weighted by Gasteiger charge is -2.22. The fourth-order valence-electron chi connectivity index (χ4n) is 4.04. The third-order valence-corrected chi connectivity index (χ3v) is 7.56. The first-order valence-corrected chi connectivity index (χ1v) is 12.5. The lowest BCUT2D eigenvalue weighted by molar-refractivity contribution is -0.117. The number of carbonyl (C=O) groups is 1. The molecule has 8 heteroatoms. The van der Waals surface area contributed by atoms with Crippen LogP contribution in [0.1, 0.15) is 29.2 Å². The average molecular weight is 465 g/mol. The number of aryl methyl sites for hydroxylation is 1. The van der Waals surface area contributed by atoms with E-state index in [9.17, 15) is 13.2 Å². The predicted octanol–water partition coefficient (Wildman–Crippen LogP) is 3.79. The molecule has 4 rings (SSSR count). The van der Waals surface area contributed by atoms with Crippen molar-refractivity contribution in [1.29, 1.82) is 0 Å². The second kappa shape index (κ2) is 9.64. The first kappa shape index (κ1) is 22.8. The van der Waals surface area contributed by atoms with Gasteiger partial charge in [-0.1, -0.05) is 42.5 Å². The van der Waals surface area contributed by atoms with E-state index < -0.39 is 16.1 Å². The number of benzene rings is 3. The van der Waals surface area contributed by atoms with Crippen molar-refractivity contribution in [2.45, 2.75) is 25.9 Å². The van der Waals surface area contributed by atoms with Gasteiger partial charge in [-0.25, -0.2) is 8.42 Å². The molecule has 3 aromatic rings. The van der Waals surface area contributed by atoms with Gasteiger partial charge in [-0.2, -0.15) is 0 Å². The summed E-state index contributed by atoms with van der Waals surface area (Å²) in [5.41, 5.74) is 10.4. The van der Waals surface area contributed by atoms with Gasteiger partial charge in [0.2, 0.25) is 10.0 Å². The molecule has 1 atom stereocenters. The van der Waals surface area contributed by atoms with E-state index in [-0.39, 0.29) is 11.7 Å². The molecule has 1 amide bonds. The van der Waals surface area contributed by atoms with Crippen LogP contribution in [0.5, 0.6) is 0 Å². The third kappa shape index (κ3) is 5.18. The van der Waals surface area contributed by atoms with Gasteiger partial charge in [0, 0.05) is 24.5 Å². The zero-order valence-corrected chi connectivity index (χ0v) is 19.3. The summed E-state index contributed by atoms with van der Waals surface area (Å²) in [4.78, 5) is 13.3.